The van der Waals surface area contributed by atoms with Crippen molar-refractivity contribution in [1.29, 1.82) is 0 Å². The zero-order valence-electron chi connectivity index (χ0n) is 11.6. The van der Waals surface area contributed by atoms with Crippen molar-refractivity contribution in [2.45, 2.75) is 45.3 Å². The summed E-state index contributed by atoms with van der Waals surface area (Å²) in [5, 5.41) is 0. The van der Waals surface area contributed by atoms with E-state index >= 15 is 0 Å². The number of rotatable bonds is 4. The van der Waals surface area contributed by atoms with Gasteiger partial charge >= 0.3 is 0 Å². The fraction of sp³-hybridized carbons (Fsp3) is 0.929. The second-order valence-electron chi connectivity index (χ2n) is 5.73. The molecule has 0 amide bonds. The molecule has 18 heavy (non-hydrogen) atoms. The van der Waals surface area contributed by atoms with Crippen molar-refractivity contribution in [2.24, 2.45) is 5.41 Å². The van der Waals surface area contributed by atoms with E-state index in [0.29, 0.717) is 6.04 Å². The molecule has 2 rings (SSSR count). The van der Waals surface area contributed by atoms with Crippen LogP contribution in [-0.4, -0.2) is 56.2 Å². The number of hydrogen-bond acceptors (Lipinski definition) is 4. The zero-order valence-corrected chi connectivity index (χ0v) is 11.6. The Morgan fingerprint density at radius 2 is 2.11 bits per heavy atom. The summed E-state index contributed by atoms with van der Waals surface area (Å²) in [6.07, 6.45) is 4.24. The topological polar surface area (TPSA) is 38.8 Å². The molecule has 0 saturated carbocycles. The van der Waals surface area contributed by atoms with Crippen LogP contribution in [0, 0.1) is 5.41 Å². The Morgan fingerprint density at radius 1 is 1.39 bits per heavy atom. The Bertz CT molecular complexity index is 276. The summed E-state index contributed by atoms with van der Waals surface area (Å²) in [7, 11) is 0. The van der Waals surface area contributed by atoms with Crippen LogP contribution < -0.4 is 0 Å². The molecule has 2 aliphatic rings. The minimum absolute atomic E-state index is 0.192. The molecule has 2 atom stereocenters. The van der Waals surface area contributed by atoms with E-state index in [-0.39, 0.29) is 11.5 Å². The van der Waals surface area contributed by atoms with Gasteiger partial charge in [-0.15, -0.1) is 0 Å². The van der Waals surface area contributed by atoms with Crippen LogP contribution in [-0.2, 0) is 14.3 Å². The second kappa shape index (κ2) is 6.13. The lowest BCUT2D eigenvalue weighted by atomic mass is 9.80. The third-order valence-electron chi connectivity index (χ3n) is 4.31. The quantitative estimate of drug-likeness (QED) is 0.713. The van der Waals surface area contributed by atoms with Crippen molar-refractivity contribution in [3.05, 3.63) is 0 Å². The van der Waals surface area contributed by atoms with Gasteiger partial charge in [-0.3, -0.25) is 4.90 Å². The number of carbonyl (C=O) groups excluding carboxylic acids is 1. The third kappa shape index (κ3) is 3.11. The van der Waals surface area contributed by atoms with Crippen molar-refractivity contribution in [3.63, 3.8) is 0 Å². The van der Waals surface area contributed by atoms with Gasteiger partial charge in [0.25, 0.3) is 0 Å². The molecule has 0 N–H and O–H groups in total. The average Bonchev–Trinajstić information content (AvgIpc) is 2.40. The molecule has 2 unspecified atom stereocenters. The average molecular weight is 255 g/mol. The normalized spacial score (nSPS) is 33.2. The van der Waals surface area contributed by atoms with Crippen molar-refractivity contribution < 1.29 is 14.3 Å². The number of ether oxygens (including phenoxy) is 2. The zero-order chi connectivity index (χ0) is 13.0. The summed E-state index contributed by atoms with van der Waals surface area (Å²) in [5.74, 6) is 0. The SMILES string of the molecule is CCC1COC(C)CN1CC1(C=O)CCOCC1. The molecular weight excluding hydrogens is 230 g/mol. The monoisotopic (exact) mass is 255 g/mol. The molecule has 4 heteroatoms. The first-order valence-electron chi connectivity index (χ1n) is 7.09. The Hall–Kier alpha value is -0.450. The molecule has 0 aromatic carbocycles. The maximum absolute atomic E-state index is 11.5. The van der Waals surface area contributed by atoms with E-state index in [9.17, 15) is 4.79 Å². The van der Waals surface area contributed by atoms with Crippen molar-refractivity contribution >= 4 is 6.29 Å². The van der Waals surface area contributed by atoms with Crippen LogP contribution in [0.1, 0.15) is 33.1 Å². The van der Waals surface area contributed by atoms with Gasteiger partial charge in [-0.2, -0.15) is 0 Å². The van der Waals surface area contributed by atoms with E-state index in [0.717, 1.165) is 52.2 Å². The highest BCUT2D eigenvalue weighted by molar-refractivity contribution is 5.60. The summed E-state index contributed by atoms with van der Waals surface area (Å²) in [4.78, 5) is 14.0. The molecule has 0 aromatic heterocycles. The van der Waals surface area contributed by atoms with E-state index in [1.165, 1.54) is 6.29 Å². The molecule has 0 aliphatic carbocycles. The lowest BCUT2D eigenvalue weighted by Gasteiger charge is -2.43. The molecule has 104 valence electrons. The minimum atomic E-state index is -0.192. The Morgan fingerprint density at radius 3 is 2.72 bits per heavy atom. The predicted molar refractivity (Wildman–Crippen MR) is 69.6 cm³/mol. The van der Waals surface area contributed by atoms with Gasteiger partial charge in [0, 0.05) is 37.8 Å². The summed E-state index contributed by atoms with van der Waals surface area (Å²) in [5.41, 5.74) is -0.192. The van der Waals surface area contributed by atoms with Gasteiger partial charge in [0.1, 0.15) is 6.29 Å². The summed E-state index contributed by atoms with van der Waals surface area (Å²) < 4.78 is 11.1. The molecule has 2 aliphatic heterocycles. The third-order valence-corrected chi connectivity index (χ3v) is 4.31. The van der Waals surface area contributed by atoms with Gasteiger partial charge in [-0.1, -0.05) is 6.92 Å². The molecule has 0 aromatic rings. The highest BCUT2D eigenvalue weighted by Crippen LogP contribution is 2.31. The predicted octanol–water partition coefficient (Wildman–Crippen LogP) is 1.48. The molecule has 2 saturated heterocycles. The van der Waals surface area contributed by atoms with Crippen LogP contribution >= 0.6 is 0 Å². The molecule has 4 nitrogen and oxygen atoms in total. The van der Waals surface area contributed by atoms with Crippen molar-refractivity contribution in [2.75, 3.05) is 32.9 Å². The first-order chi connectivity index (χ1) is 8.69. The maximum atomic E-state index is 11.5. The van der Waals surface area contributed by atoms with E-state index in [1.54, 1.807) is 0 Å². The van der Waals surface area contributed by atoms with E-state index in [2.05, 4.69) is 18.7 Å². The van der Waals surface area contributed by atoms with Gasteiger partial charge in [0.15, 0.2) is 0 Å². The van der Waals surface area contributed by atoms with Gasteiger partial charge in [0.2, 0.25) is 0 Å². The highest BCUT2D eigenvalue weighted by atomic mass is 16.5. The van der Waals surface area contributed by atoms with Crippen LogP contribution in [0.3, 0.4) is 0 Å². The Labute approximate surface area is 110 Å². The first kappa shape index (κ1) is 14.0. The van der Waals surface area contributed by atoms with Crippen LogP contribution in [0.2, 0.25) is 0 Å². The Kier molecular flexibility index (Phi) is 4.76. The fourth-order valence-electron chi connectivity index (χ4n) is 2.98. The molecule has 0 radical (unpaired) electrons. The smallest absolute Gasteiger partial charge is 0.127 e. The van der Waals surface area contributed by atoms with Gasteiger partial charge in [-0.25, -0.2) is 0 Å². The second-order valence-corrected chi connectivity index (χ2v) is 5.73. The van der Waals surface area contributed by atoms with Crippen molar-refractivity contribution in [1.82, 2.24) is 4.90 Å². The molecule has 0 spiro atoms. The van der Waals surface area contributed by atoms with Crippen LogP contribution in [0.15, 0.2) is 0 Å². The fourth-order valence-corrected chi connectivity index (χ4v) is 2.98. The van der Waals surface area contributed by atoms with E-state index in [4.69, 9.17) is 9.47 Å². The largest absolute Gasteiger partial charge is 0.381 e. The van der Waals surface area contributed by atoms with Crippen molar-refractivity contribution in [3.8, 4) is 0 Å². The summed E-state index contributed by atoms with van der Waals surface area (Å²) >= 11 is 0. The standard InChI is InChI=1S/C14H25NO3/c1-3-13-9-18-12(2)8-15(13)10-14(11-16)4-6-17-7-5-14/h11-13H,3-10H2,1-2H3. The number of hydrogen-bond donors (Lipinski definition) is 0. The highest BCUT2D eigenvalue weighted by Gasteiger charge is 2.37. The van der Waals surface area contributed by atoms with Gasteiger partial charge in [-0.05, 0) is 26.2 Å². The van der Waals surface area contributed by atoms with Crippen LogP contribution in [0.25, 0.3) is 0 Å². The number of carbonyl (C=O) groups is 1. The molecule has 2 fully saturated rings. The molecule has 0 bridgehead atoms. The maximum Gasteiger partial charge on any atom is 0.127 e. The number of aldehydes is 1. The van der Waals surface area contributed by atoms with Crippen LogP contribution in [0.5, 0.6) is 0 Å². The minimum Gasteiger partial charge on any atom is -0.381 e. The summed E-state index contributed by atoms with van der Waals surface area (Å²) in [6, 6.07) is 0.459. The Balaban J connectivity index is 2.01. The first-order valence-corrected chi connectivity index (χ1v) is 7.09. The molecule has 2 heterocycles. The lowest BCUT2D eigenvalue weighted by molar-refractivity contribution is -0.128. The van der Waals surface area contributed by atoms with Gasteiger partial charge in [0.05, 0.1) is 12.7 Å². The summed E-state index contributed by atoms with van der Waals surface area (Å²) in [6.45, 7) is 8.33. The lowest BCUT2D eigenvalue weighted by Crippen LogP contribution is -2.53. The van der Waals surface area contributed by atoms with E-state index in [1.807, 2.05) is 0 Å². The van der Waals surface area contributed by atoms with Gasteiger partial charge < -0.3 is 14.3 Å². The molecular formula is C14H25NO3. The number of morpholine rings is 1. The van der Waals surface area contributed by atoms with Crippen LogP contribution in [0.4, 0.5) is 0 Å². The number of nitrogens with zero attached hydrogens (tertiary/aromatic N) is 1. The van der Waals surface area contributed by atoms with E-state index < -0.39 is 0 Å².